The van der Waals surface area contributed by atoms with E-state index in [0.29, 0.717) is 36.8 Å². The van der Waals surface area contributed by atoms with Gasteiger partial charge in [-0.25, -0.2) is 0 Å². The van der Waals surface area contributed by atoms with Gasteiger partial charge >= 0.3 is 0 Å². The number of carbonyl (C=O) groups excluding carboxylic acids is 3. The number of hydrogen-bond acceptors (Lipinski definition) is 4. The van der Waals surface area contributed by atoms with Crippen molar-refractivity contribution in [3.05, 3.63) is 69.7 Å². The van der Waals surface area contributed by atoms with Gasteiger partial charge in [0.15, 0.2) is 0 Å². The van der Waals surface area contributed by atoms with Gasteiger partial charge in [-0.05, 0) is 82.1 Å². The van der Waals surface area contributed by atoms with Crippen molar-refractivity contribution >= 4 is 40.9 Å². The van der Waals surface area contributed by atoms with E-state index in [4.69, 9.17) is 23.2 Å². The average Bonchev–Trinajstić information content (AvgIpc) is 2.93. The monoisotopic (exact) mass is 572 g/mol. The van der Waals surface area contributed by atoms with Gasteiger partial charge in [-0.1, -0.05) is 41.4 Å². The van der Waals surface area contributed by atoms with Gasteiger partial charge in [-0.2, -0.15) is 0 Å². The summed E-state index contributed by atoms with van der Waals surface area (Å²) in [6.07, 6.45) is 5.11. The van der Waals surface area contributed by atoms with E-state index in [2.05, 4.69) is 36.4 Å². The Kier molecular flexibility index (Phi) is 9.91. The Bertz CT molecular complexity index is 1160. The lowest BCUT2D eigenvalue weighted by Gasteiger charge is -2.45. The summed E-state index contributed by atoms with van der Waals surface area (Å²) in [4.78, 5) is 44.0. The number of piperazine rings is 1. The average molecular weight is 574 g/mol. The molecule has 0 unspecified atom stereocenters. The molecule has 0 atom stereocenters. The SMILES string of the molecule is CN(C)C1(Cc2ccc(Cl)cc2)CCC(NC(=O)CCC(=O)N2CCN(C(=O)c3cccc(Cl)c3)CC2)CC1. The van der Waals surface area contributed by atoms with Crippen molar-refractivity contribution in [3.63, 3.8) is 0 Å². The lowest BCUT2D eigenvalue weighted by atomic mass is 9.75. The molecule has 1 N–H and O–H groups in total. The van der Waals surface area contributed by atoms with Crippen molar-refractivity contribution in [2.24, 2.45) is 0 Å². The van der Waals surface area contributed by atoms with Crippen molar-refractivity contribution in [2.75, 3.05) is 40.3 Å². The summed E-state index contributed by atoms with van der Waals surface area (Å²) in [5, 5.41) is 4.43. The summed E-state index contributed by atoms with van der Waals surface area (Å²) in [5.74, 6) is -0.195. The van der Waals surface area contributed by atoms with E-state index in [-0.39, 0.29) is 42.1 Å². The smallest absolute Gasteiger partial charge is 0.254 e. The molecule has 9 heteroatoms. The molecule has 1 saturated carbocycles. The van der Waals surface area contributed by atoms with Crippen LogP contribution < -0.4 is 5.32 Å². The second-order valence-electron chi connectivity index (χ2n) is 10.9. The molecule has 7 nitrogen and oxygen atoms in total. The van der Waals surface area contributed by atoms with E-state index in [1.807, 2.05) is 12.1 Å². The lowest BCUT2D eigenvalue weighted by Crippen LogP contribution is -2.52. The van der Waals surface area contributed by atoms with Crippen molar-refractivity contribution < 1.29 is 14.4 Å². The molecule has 1 heterocycles. The number of amides is 3. The van der Waals surface area contributed by atoms with Crippen LogP contribution >= 0.6 is 23.2 Å². The van der Waals surface area contributed by atoms with E-state index in [1.165, 1.54) is 5.56 Å². The van der Waals surface area contributed by atoms with Gasteiger partial charge in [0.1, 0.15) is 0 Å². The van der Waals surface area contributed by atoms with Gasteiger partial charge < -0.3 is 20.0 Å². The van der Waals surface area contributed by atoms with E-state index in [1.54, 1.807) is 34.1 Å². The van der Waals surface area contributed by atoms with Crippen LogP contribution in [0.5, 0.6) is 0 Å². The topological polar surface area (TPSA) is 73.0 Å². The Morgan fingerprint density at radius 3 is 2.15 bits per heavy atom. The van der Waals surface area contributed by atoms with Crippen molar-refractivity contribution in [1.29, 1.82) is 0 Å². The van der Waals surface area contributed by atoms with E-state index in [9.17, 15) is 14.4 Å². The Labute approximate surface area is 241 Å². The minimum Gasteiger partial charge on any atom is -0.353 e. The fourth-order valence-electron chi connectivity index (χ4n) is 5.71. The lowest BCUT2D eigenvalue weighted by molar-refractivity contribution is -0.135. The van der Waals surface area contributed by atoms with Crippen molar-refractivity contribution in [1.82, 2.24) is 20.0 Å². The van der Waals surface area contributed by atoms with Crippen LogP contribution in [0.25, 0.3) is 0 Å². The number of likely N-dealkylation sites (N-methyl/N-ethyl adjacent to an activating group) is 1. The molecule has 2 aromatic rings. The molecule has 1 saturated heterocycles. The van der Waals surface area contributed by atoms with Crippen LogP contribution in [0.3, 0.4) is 0 Å². The van der Waals surface area contributed by atoms with Gasteiger partial charge in [-0.15, -0.1) is 0 Å². The fourth-order valence-corrected chi connectivity index (χ4v) is 6.02. The number of hydrogen-bond donors (Lipinski definition) is 1. The normalized spacial score (nSPS) is 21.6. The second kappa shape index (κ2) is 13.2. The zero-order chi connectivity index (χ0) is 28.0. The number of nitrogens with zero attached hydrogens (tertiary/aromatic N) is 3. The molecule has 4 rings (SSSR count). The number of carbonyl (C=O) groups is 3. The molecule has 1 aliphatic heterocycles. The summed E-state index contributed by atoms with van der Waals surface area (Å²) in [6.45, 7) is 1.87. The molecule has 2 aliphatic rings. The Balaban J connectivity index is 1.18. The third kappa shape index (κ3) is 7.74. The molecule has 0 bridgehead atoms. The molecule has 3 amide bonds. The van der Waals surface area contributed by atoms with Crippen LogP contribution in [0.1, 0.15) is 54.4 Å². The summed E-state index contributed by atoms with van der Waals surface area (Å²) < 4.78 is 0. The standard InChI is InChI=1S/C30H38Cl2N4O3/c1-34(2)30(21-22-6-8-24(31)9-7-22)14-12-26(13-15-30)33-27(37)10-11-28(38)35-16-18-36(19-17-35)29(39)23-4-3-5-25(32)20-23/h3-9,20,26H,10-19,21H2,1-2H3,(H,33,37). The van der Waals surface area contributed by atoms with Gasteiger partial charge in [-0.3, -0.25) is 14.4 Å². The molecule has 1 aliphatic carbocycles. The fraction of sp³-hybridized carbons (Fsp3) is 0.500. The quantitative estimate of drug-likeness (QED) is 0.499. The Morgan fingerprint density at radius 1 is 0.897 bits per heavy atom. The summed E-state index contributed by atoms with van der Waals surface area (Å²) in [5.41, 5.74) is 1.87. The van der Waals surface area contributed by atoms with Crippen molar-refractivity contribution in [2.45, 2.75) is 56.5 Å². The van der Waals surface area contributed by atoms with Gasteiger partial charge in [0.05, 0.1) is 0 Å². The van der Waals surface area contributed by atoms with Crippen LogP contribution in [-0.4, -0.2) is 84.3 Å². The van der Waals surface area contributed by atoms with E-state index >= 15 is 0 Å². The maximum atomic E-state index is 12.8. The first-order valence-electron chi connectivity index (χ1n) is 13.7. The first-order chi connectivity index (χ1) is 18.6. The number of benzene rings is 2. The third-order valence-electron chi connectivity index (χ3n) is 8.23. The molecular weight excluding hydrogens is 535 g/mol. The molecule has 39 heavy (non-hydrogen) atoms. The summed E-state index contributed by atoms with van der Waals surface area (Å²) >= 11 is 12.1. The van der Waals surface area contributed by atoms with Crippen molar-refractivity contribution in [3.8, 4) is 0 Å². The first-order valence-corrected chi connectivity index (χ1v) is 14.4. The highest BCUT2D eigenvalue weighted by molar-refractivity contribution is 6.31. The molecule has 0 aromatic heterocycles. The minimum absolute atomic E-state index is 0.0433. The molecule has 0 radical (unpaired) electrons. The predicted molar refractivity (Wildman–Crippen MR) is 155 cm³/mol. The van der Waals surface area contributed by atoms with E-state index < -0.39 is 0 Å². The van der Waals surface area contributed by atoms with Crippen LogP contribution in [0, 0.1) is 0 Å². The van der Waals surface area contributed by atoms with Gasteiger partial charge in [0, 0.05) is 66.2 Å². The highest BCUT2D eigenvalue weighted by Crippen LogP contribution is 2.35. The van der Waals surface area contributed by atoms with Crippen LogP contribution in [0.4, 0.5) is 0 Å². The molecule has 2 aromatic carbocycles. The predicted octanol–water partition coefficient (Wildman–Crippen LogP) is 4.66. The number of rotatable bonds is 8. The summed E-state index contributed by atoms with van der Waals surface area (Å²) in [6, 6.07) is 15.1. The van der Waals surface area contributed by atoms with Gasteiger partial charge in [0.25, 0.3) is 5.91 Å². The molecule has 210 valence electrons. The molecular formula is C30H38Cl2N4O3. The van der Waals surface area contributed by atoms with E-state index in [0.717, 1.165) is 37.1 Å². The molecule has 2 fully saturated rings. The third-order valence-corrected chi connectivity index (χ3v) is 8.72. The second-order valence-corrected chi connectivity index (χ2v) is 11.8. The van der Waals surface area contributed by atoms with Crippen LogP contribution in [-0.2, 0) is 16.0 Å². The van der Waals surface area contributed by atoms with Gasteiger partial charge in [0.2, 0.25) is 11.8 Å². The Morgan fingerprint density at radius 2 is 1.54 bits per heavy atom. The minimum atomic E-state index is -0.0806. The largest absolute Gasteiger partial charge is 0.353 e. The zero-order valence-electron chi connectivity index (χ0n) is 22.8. The zero-order valence-corrected chi connectivity index (χ0v) is 24.3. The Hall–Kier alpha value is -2.61. The number of nitrogens with one attached hydrogen (secondary N) is 1. The molecule has 0 spiro atoms. The van der Waals surface area contributed by atoms with Crippen LogP contribution in [0.15, 0.2) is 48.5 Å². The number of halogens is 2. The highest BCUT2D eigenvalue weighted by atomic mass is 35.5. The highest BCUT2D eigenvalue weighted by Gasteiger charge is 2.37. The summed E-state index contributed by atoms with van der Waals surface area (Å²) in [7, 11) is 4.26. The maximum Gasteiger partial charge on any atom is 0.254 e. The first kappa shape index (κ1) is 29.4. The van der Waals surface area contributed by atoms with Crippen LogP contribution in [0.2, 0.25) is 10.0 Å². The maximum absolute atomic E-state index is 12.8.